The smallest absolute Gasteiger partial charge is 0.246 e. The van der Waals surface area contributed by atoms with E-state index in [1.165, 1.54) is 4.68 Å². The largest absolute Gasteiger partial charge is 0.396 e. The molecule has 0 saturated carbocycles. The van der Waals surface area contributed by atoms with Gasteiger partial charge in [0.15, 0.2) is 0 Å². The number of carbonyl (C=O) groups is 1. The van der Waals surface area contributed by atoms with Gasteiger partial charge in [0.1, 0.15) is 6.54 Å². The average molecular weight is 624 g/mol. The molecular weight excluding hydrogens is 613 g/mol. The molecule has 0 aliphatic carbocycles. The summed E-state index contributed by atoms with van der Waals surface area (Å²) < 4.78 is 4.59. The van der Waals surface area contributed by atoms with Crippen molar-refractivity contribution in [3.05, 3.63) is 34.7 Å². The Balaban J connectivity index is 2.04. The SMILES string of the molecule is O=C(Cn1cc(CCO)nn1)Nc1c(I)cc(I)cc1I. The molecule has 9 heteroatoms. The summed E-state index contributed by atoms with van der Waals surface area (Å²) in [6.45, 7) is 0.112. The third-order valence-corrected chi connectivity index (χ3v) is 4.86. The van der Waals surface area contributed by atoms with Crippen molar-refractivity contribution in [2.75, 3.05) is 11.9 Å². The molecule has 2 aromatic rings. The van der Waals surface area contributed by atoms with Gasteiger partial charge in [-0.1, -0.05) is 5.21 Å². The van der Waals surface area contributed by atoms with E-state index in [1.54, 1.807) is 6.20 Å². The Morgan fingerprint density at radius 1 is 1.29 bits per heavy atom. The van der Waals surface area contributed by atoms with Crippen LogP contribution in [0.1, 0.15) is 5.69 Å². The number of hydrogen-bond donors (Lipinski definition) is 2. The van der Waals surface area contributed by atoms with E-state index in [0.29, 0.717) is 12.1 Å². The third kappa shape index (κ3) is 4.99. The molecule has 112 valence electrons. The number of aliphatic hydroxyl groups excluding tert-OH is 1. The fourth-order valence-corrected chi connectivity index (χ4v) is 5.48. The number of amides is 1. The van der Waals surface area contributed by atoms with Crippen molar-refractivity contribution in [2.24, 2.45) is 0 Å². The highest BCUT2D eigenvalue weighted by Crippen LogP contribution is 2.27. The van der Waals surface area contributed by atoms with Crippen LogP contribution in [-0.2, 0) is 17.8 Å². The maximum Gasteiger partial charge on any atom is 0.246 e. The molecule has 0 unspecified atom stereocenters. The monoisotopic (exact) mass is 624 g/mol. The lowest BCUT2D eigenvalue weighted by atomic mass is 10.3. The minimum atomic E-state index is -0.160. The second kappa shape index (κ2) is 8.01. The number of rotatable bonds is 5. The Labute approximate surface area is 162 Å². The van der Waals surface area contributed by atoms with Gasteiger partial charge < -0.3 is 10.4 Å². The van der Waals surface area contributed by atoms with Crippen molar-refractivity contribution in [1.82, 2.24) is 15.0 Å². The predicted octanol–water partition coefficient (Wildman–Crippen LogP) is 2.27. The van der Waals surface area contributed by atoms with Crippen LogP contribution in [0.3, 0.4) is 0 Å². The van der Waals surface area contributed by atoms with Crippen LogP contribution in [0.25, 0.3) is 0 Å². The molecule has 21 heavy (non-hydrogen) atoms. The Bertz CT molecular complexity index is 637. The van der Waals surface area contributed by atoms with Gasteiger partial charge in [-0.05, 0) is 79.9 Å². The number of nitrogens with zero attached hydrogens (tertiary/aromatic N) is 3. The first-order valence-corrected chi connectivity index (χ1v) is 9.17. The summed E-state index contributed by atoms with van der Waals surface area (Å²) in [7, 11) is 0. The maximum atomic E-state index is 12.1. The molecule has 0 aliphatic rings. The summed E-state index contributed by atoms with van der Waals surface area (Å²) in [5.74, 6) is -0.160. The van der Waals surface area contributed by atoms with Crippen LogP contribution in [0.2, 0.25) is 0 Å². The lowest BCUT2D eigenvalue weighted by molar-refractivity contribution is -0.116. The minimum absolute atomic E-state index is 0.0178. The Morgan fingerprint density at radius 2 is 1.95 bits per heavy atom. The van der Waals surface area contributed by atoms with Crippen LogP contribution in [0.4, 0.5) is 5.69 Å². The Morgan fingerprint density at radius 3 is 2.57 bits per heavy atom. The molecule has 1 aromatic heterocycles. The van der Waals surface area contributed by atoms with Gasteiger partial charge in [-0.25, -0.2) is 4.68 Å². The van der Waals surface area contributed by atoms with Gasteiger partial charge in [-0.3, -0.25) is 4.79 Å². The van der Waals surface area contributed by atoms with Crippen molar-refractivity contribution >= 4 is 79.4 Å². The Hall–Kier alpha value is -0.0200. The molecular formula is C12H11I3N4O2. The molecule has 0 aliphatic heterocycles. The normalized spacial score (nSPS) is 10.7. The number of carbonyl (C=O) groups excluding carboxylic acids is 1. The second-order valence-corrected chi connectivity index (χ2v) is 7.74. The number of benzene rings is 1. The topological polar surface area (TPSA) is 80.0 Å². The highest BCUT2D eigenvalue weighted by atomic mass is 127. The molecule has 2 N–H and O–H groups in total. The van der Waals surface area contributed by atoms with Gasteiger partial charge in [0.2, 0.25) is 5.91 Å². The summed E-state index contributed by atoms with van der Waals surface area (Å²) in [6, 6.07) is 4.02. The van der Waals surface area contributed by atoms with E-state index in [4.69, 9.17) is 5.11 Å². The second-order valence-electron chi connectivity index (χ2n) is 4.17. The molecule has 1 heterocycles. The van der Waals surface area contributed by atoms with Crippen molar-refractivity contribution in [2.45, 2.75) is 13.0 Å². The number of hydrogen-bond acceptors (Lipinski definition) is 4. The van der Waals surface area contributed by atoms with Crippen LogP contribution in [0.15, 0.2) is 18.3 Å². The molecule has 0 bridgehead atoms. The lowest BCUT2D eigenvalue weighted by Crippen LogP contribution is -2.20. The molecule has 0 spiro atoms. The van der Waals surface area contributed by atoms with Gasteiger partial charge in [0, 0.05) is 29.9 Å². The first kappa shape index (κ1) is 17.3. The highest BCUT2D eigenvalue weighted by Gasteiger charge is 2.12. The zero-order chi connectivity index (χ0) is 15.4. The van der Waals surface area contributed by atoms with E-state index >= 15 is 0 Å². The summed E-state index contributed by atoms with van der Waals surface area (Å²) in [6.07, 6.45) is 2.11. The van der Waals surface area contributed by atoms with Crippen LogP contribution in [0.5, 0.6) is 0 Å². The Kier molecular flexibility index (Phi) is 6.61. The zero-order valence-corrected chi connectivity index (χ0v) is 17.2. The van der Waals surface area contributed by atoms with Crippen LogP contribution in [-0.4, -0.2) is 32.6 Å². The van der Waals surface area contributed by atoms with E-state index < -0.39 is 0 Å². The predicted molar refractivity (Wildman–Crippen MR) is 104 cm³/mol. The summed E-state index contributed by atoms with van der Waals surface area (Å²) in [5.41, 5.74) is 1.49. The summed E-state index contributed by atoms with van der Waals surface area (Å²) in [5, 5.41) is 19.5. The average Bonchev–Trinajstić information content (AvgIpc) is 2.81. The van der Waals surface area contributed by atoms with Crippen LogP contribution in [0, 0.1) is 10.7 Å². The number of anilines is 1. The van der Waals surface area contributed by atoms with E-state index in [9.17, 15) is 4.79 Å². The number of aliphatic hydroxyl groups is 1. The third-order valence-electron chi connectivity index (χ3n) is 2.53. The highest BCUT2D eigenvalue weighted by molar-refractivity contribution is 14.1. The van der Waals surface area contributed by atoms with E-state index in [0.717, 1.165) is 16.4 Å². The van der Waals surface area contributed by atoms with Crippen molar-refractivity contribution in [3.63, 3.8) is 0 Å². The number of aromatic nitrogens is 3. The molecule has 0 atom stereocenters. The van der Waals surface area contributed by atoms with Gasteiger partial charge >= 0.3 is 0 Å². The maximum absolute atomic E-state index is 12.1. The van der Waals surface area contributed by atoms with Crippen molar-refractivity contribution in [1.29, 1.82) is 0 Å². The molecule has 0 saturated heterocycles. The van der Waals surface area contributed by atoms with Gasteiger partial charge in [-0.15, -0.1) is 5.10 Å². The van der Waals surface area contributed by atoms with Gasteiger partial charge in [-0.2, -0.15) is 0 Å². The number of nitrogens with one attached hydrogen (secondary N) is 1. The van der Waals surface area contributed by atoms with E-state index in [-0.39, 0.29) is 19.1 Å². The van der Waals surface area contributed by atoms with Crippen molar-refractivity contribution in [3.8, 4) is 0 Å². The lowest BCUT2D eigenvalue weighted by Gasteiger charge is -2.10. The van der Waals surface area contributed by atoms with Crippen LogP contribution < -0.4 is 5.32 Å². The summed E-state index contributed by atoms with van der Waals surface area (Å²) >= 11 is 6.65. The van der Waals surface area contributed by atoms with Gasteiger partial charge in [0.05, 0.1) is 11.4 Å². The van der Waals surface area contributed by atoms with Crippen LogP contribution >= 0.6 is 67.8 Å². The quantitative estimate of drug-likeness (QED) is 0.501. The number of halogens is 3. The molecule has 6 nitrogen and oxygen atoms in total. The van der Waals surface area contributed by atoms with E-state index in [2.05, 4.69) is 83.4 Å². The molecule has 1 aromatic carbocycles. The molecule has 2 rings (SSSR count). The fraction of sp³-hybridized carbons (Fsp3) is 0.250. The first-order chi connectivity index (χ1) is 9.99. The van der Waals surface area contributed by atoms with E-state index in [1.807, 2.05) is 12.1 Å². The molecule has 0 radical (unpaired) electrons. The standard InChI is InChI=1S/C12H11I3N4O2/c13-7-3-9(14)12(10(15)4-7)16-11(21)6-19-5-8(1-2-20)17-18-19/h3-5,20H,1-2,6H2,(H,16,21). The first-order valence-electron chi connectivity index (χ1n) is 5.94. The fourth-order valence-electron chi connectivity index (χ4n) is 1.63. The van der Waals surface area contributed by atoms with Gasteiger partial charge in [0.25, 0.3) is 0 Å². The molecule has 0 fully saturated rings. The minimum Gasteiger partial charge on any atom is -0.396 e. The molecule has 1 amide bonds. The zero-order valence-electron chi connectivity index (χ0n) is 10.7. The summed E-state index contributed by atoms with van der Waals surface area (Å²) in [4.78, 5) is 12.1. The van der Waals surface area contributed by atoms with Crippen molar-refractivity contribution < 1.29 is 9.90 Å².